The molecule has 0 aliphatic heterocycles. The fourth-order valence-corrected chi connectivity index (χ4v) is 9.03. The standard InChI is InChI=1S/C22H34O/c1-14-5-6-17-16-7-10-21-13-19(3,23)11-12-22(21,15(21)2)18(16)8-9-20(14,17)4/h15-18,23H,1,5-13H2,2-4H3/t15-,16+,17+,18+,19-,20-,21?,22+/m1/s1. The van der Waals surface area contributed by atoms with E-state index in [1.165, 1.54) is 44.9 Å². The fraction of sp³-hybridized carbons (Fsp3) is 0.909. The summed E-state index contributed by atoms with van der Waals surface area (Å²) >= 11 is 0. The van der Waals surface area contributed by atoms with Crippen molar-refractivity contribution in [3.05, 3.63) is 12.2 Å². The molecule has 0 amide bonds. The van der Waals surface area contributed by atoms with Crippen LogP contribution in [0.2, 0.25) is 0 Å². The minimum Gasteiger partial charge on any atom is -0.390 e. The predicted octanol–water partition coefficient (Wildman–Crippen LogP) is 5.34. The molecule has 5 aliphatic rings. The van der Waals surface area contributed by atoms with E-state index in [-0.39, 0.29) is 0 Å². The molecule has 0 radical (unpaired) electrons. The third-order valence-electron chi connectivity index (χ3n) is 10.2. The summed E-state index contributed by atoms with van der Waals surface area (Å²) in [6.45, 7) is 11.6. The molecule has 5 fully saturated rings. The van der Waals surface area contributed by atoms with Crippen LogP contribution in [0.5, 0.6) is 0 Å². The molecule has 0 aromatic carbocycles. The second kappa shape index (κ2) is 4.09. The van der Waals surface area contributed by atoms with Crippen LogP contribution in [-0.4, -0.2) is 10.7 Å². The lowest BCUT2D eigenvalue weighted by Gasteiger charge is -2.56. The van der Waals surface area contributed by atoms with Gasteiger partial charge in [0.1, 0.15) is 0 Å². The second-order valence-corrected chi connectivity index (χ2v) is 10.6. The van der Waals surface area contributed by atoms with Crippen LogP contribution in [0.1, 0.15) is 78.6 Å². The van der Waals surface area contributed by atoms with Crippen molar-refractivity contribution >= 4 is 0 Å². The molecule has 5 saturated carbocycles. The Bertz CT molecular complexity index is 577. The summed E-state index contributed by atoms with van der Waals surface area (Å²) in [5, 5.41) is 10.7. The van der Waals surface area contributed by atoms with Crippen molar-refractivity contribution in [1.29, 1.82) is 0 Å². The summed E-state index contributed by atoms with van der Waals surface area (Å²) in [4.78, 5) is 0. The summed E-state index contributed by atoms with van der Waals surface area (Å²) in [7, 11) is 0. The molecule has 0 aromatic rings. The van der Waals surface area contributed by atoms with Gasteiger partial charge >= 0.3 is 0 Å². The second-order valence-electron chi connectivity index (χ2n) is 10.6. The fourth-order valence-electron chi connectivity index (χ4n) is 9.03. The van der Waals surface area contributed by atoms with Gasteiger partial charge in [-0.2, -0.15) is 0 Å². The van der Waals surface area contributed by atoms with Gasteiger partial charge in [-0.05, 0) is 105 Å². The highest BCUT2D eigenvalue weighted by Gasteiger charge is 2.81. The molecule has 0 bridgehead atoms. The van der Waals surface area contributed by atoms with E-state index in [4.69, 9.17) is 0 Å². The predicted molar refractivity (Wildman–Crippen MR) is 93.9 cm³/mol. The first-order valence-electron chi connectivity index (χ1n) is 10.2. The van der Waals surface area contributed by atoms with Crippen molar-refractivity contribution in [2.24, 2.45) is 39.9 Å². The molecule has 1 N–H and O–H groups in total. The van der Waals surface area contributed by atoms with Crippen LogP contribution < -0.4 is 0 Å². The molecule has 5 rings (SSSR count). The highest BCUT2D eigenvalue weighted by atomic mass is 16.3. The molecular formula is C22H34O. The van der Waals surface area contributed by atoms with E-state index in [2.05, 4.69) is 27.4 Å². The summed E-state index contributed by atoms with van der Waals surface area (Å²) in [6, 6.07) is 0. The van der Waals surface area contributed by atoms with Crippen molar-refractivity contribution in [1.82, 2.24) is 0 Å². The molecule has 23 heavy (non-hydrogen) atoms. The van der Waals surface area contributed by atoms with Gasteiger partial charge in [0, 0.05) is 0 Å². The van der Waals surface area contributed by atoms with Gasteiger partial charge < -0.3 is 5.11 Å². The Morgan fingerprint density at radius 2 is 1.78 bits per heavy atom. The molecule has 1 nitrogen and oxygen atoms in total. The van der Waals surface area contributed by atoms with Gasteiger partial charge in [-0.25, -0.2) is 0 Å². The van der Waals surface area contributed by atoms with Crippen molar-refractivity contribution in [2.45, 2.75) is 84.2 Å². The van der Waals surface area contributed by atoms with Crippen LogP contribution in [0.3, 0.4) is 0 Å². The number of fused-ring (bicyclic) bond motifs is 3. The van der Waals surface area contributed by atoms with E-state index in [9.17, 15) is 5.11 Å². The first-order valence-corrected chi connectivity index (χ1v) is 10.2. The van der Waals surface area contributed by atoms with Crippen LogP contribution >= 0.6 is 0 Å². The third-order valence-corrected chi connectivity index (χ3v) is 10.2. The van der Waals surface area contributed by atoms with Gasteiger partial charge in [0.2, 0.25) is 0 Å². The normalized spacial score (nSPS) is 63.7. The Morgan fingerprint density at radius 3 is 2.57 bits per heavy atom. The van der Waals surface area contributed by atoms with Crippen molar-refractivity contribution in [2.75, 3.05) is 0 Å². The molecular weight excluding hydrogens is 280 g/mol. The first-order chi connectivity index (χ1) is 10.8. The van der Waals surface area contributed by atoms with E-state index in [0.717, 1.165) is 36.5 Å². The Kier molecular flexibility index (Phi) is 2.66. The number of hydrogen-bond donors (Lipinski definition) is 1. The maximum atomic E-state index is 10.7. The van der Waals surface area contributed by atoms with Crippen molar-refractivity contribution < 1.29 is 5.11 Å². The van der Waals surface area contributed by atoms with Crippen LogP contribution in [-0.2, 0) is 0 Å². The highest BCUT2D eigenvalue weighted by Crippen LogP contribution is 2.86. The topological polar surface area (TPSA) is 20.2 Å². The Balaban J connectivity index is 1.51. The van der Waals surface area contributed by atoms with Crippen LogP contribution in [0.4, 0.5) is 0 Å². The molecule has 1 heteroatoms. The monoisotopic (exact) mass is 314 g/mol. The average Bonchev–Trinajstić information content (AvgIpc) is 2.87. The van der Waals surface area contributed by atoms with E-state index >= 15 is 0 Å². The summed E-state index contributed by atoms with van der Waals surface area (Å²) in [5.41, 5.74) is 2.72. The lowest BCUT2D eigenvalue weighted by Crippen LogP contribution is -2.49. The molecule has 128 valence electrons. The number of rotatable bonds is 0. The summed E-state index contributed by atoms with van der Waals surface area (Å²) < 4.78 is 0. The zero-order chi connectivity index (χ0) is 16.3. The van der Waals surface area contributed by atoms with Gasteiger partial charge in [-0.15, -0.1) is 0 Å². The van der Waals surface area contributed by atoms with Gasteiger partial charge in [0.15, 0.2) is 0 Å². The summed E-state index contributed by atoms with van der Waals surface area (Å²) in [6.07, 6.45) is 11.8. The number of aliphatic hydroxyl groups is 1. The van der Waals surface area contributed by atoms with E-state index < -0.39 is 5.60 Å². The molecule has 8 atom stereocenters. The first kappa shape index (κ1) is 15.0. The minimum atomic E-state index is -0.397. The third kappa shape index (κ3) is 1.51. The zero-order valence-electron chi connectivity index (χ0n) is 15.3. The van der Waals surface area contributed by atoms with Crippen LogP contribution in [0.15, 0.2) is 12.2 Å². The molecule has 0 aromatic heterocycles. The summed E-state index contributed by atoms with van der Waals surface area (Å²) in [5.74, 6) is 3.67. The van der Waals surface area contributed by atoms with Gasteiger partial charge in [-0.1, -0.05) is 26.0 Å². The van der Waals surface area contributed by atoms with Gasteiger partial charge in [-0.3, -0.25) is 0 Å². The molecule has 0 spiro atoms. The molecule has 5 aliphatic carbocycles. The quantitative estimate of drug-likeness (QED) is 0.599. The smallest absolute Gasteiger partial charge is 0.0625 e. The van der Waals surface area contributed by atoms with Gasteiger partial charge in [0.05, 0.1) is 5.60 Å². The van der Waals surface area contributed by atoms with Crippen molar-refractivity contribution in [3.63, 3.8) is 0 Å². The van der Waals surface area contributed by atoms with Gasteiger partial charge in [0.25, 0.3) is 0 Å². The van der Waals surface area contributed by atoms with Crippen LogP contribution in [0.25, 0.3) is 0 Å². The Labute approximate surface area is 141 Å². The number of hydrogen-bond acceptors (Lipinski definition) is 1. The van der Waals surface area contributed by atoms with E-state index in [1.54, 1.807) is 5.57 Å². The number of allylic oxidation sites excluding steroid dienone is 1. The van der Waals surface area contributed by atoms with E-state index in [0.29, 0.717) is 16.2 Å². The zero-order valence-corrected chi connectivity index (χ0v) is 15.3. The molecule has 0 saturated heterocycles. The maximum Gasteiger partial charge on any atom is 0.0625 e. The lowest BCUT2D eigenvalue weighted by molar-refractivity contribution is -0.0903. The highest BCUT2D eigenvalue weighted by molar-refractivity contribution is 5.31. The molecule has 1 unspecified atom stereocenters. The molecule has 0 heterocycles. The Hall–Kier alpha value is -0.300. The largest absolute Gasteiger partial charge is 0.390 e. The average molecular weight is 315 g/mol. The minimum absolute atomic E-state index is 0.397. The SMILES string of the molecule is C=C1CC[C@H]2[C@@H]3CCC45C[C@](C)(O)CC[C@]4([C@@H]5C)[C@H]3CC[C@]12C. The lowest BCUT2D eigenvalue weighted by atomic mass is 9.49. The van der Waals surface area contributed by atoms with Crippen LogP contribution in [0, 0.1) is 39.9 Å². The van der Waals surface area contributed by atoms with Crippen molar-refractivity contribution in [3.8, 4) is 0 Å². The van der Waals surface area contributed by atoms with E-state index in [1.807, 2.05) is 0 Å². The maximum absolute atomic E-state index is 10.7. The Morgan fingerprint density at radius 1 is 1.00 bits per heavy atom.